The summed E-state index contributed by atoms with van der Waals surface area (Å²) in [4.78, 5) is 12.4. The Balaban J connectivity index is 1.62. The van der Waals surface area contributed by atoms with Gasteiger partial charge in [-0.3, -0.25) is 4.79 Å². The van der Waals surface area contributed by atoms with E-state index in [9.17, 15) is 4.79 Å². The third-order valence-corrected chi connectivity index (χ3v) is 4.54. The zero-order valence-electron chi connectivity index (χ0n) is 17.4. The first-order valence-corrected chi connectivity index (χ1v) is 9.27. The van der Waals surface area contributed by atoms with Gasteiger partial charge < -0.3 is 28.8 Å². The van der Waals surface area contributed by atoms with Crippen LogP contribution in [0.2, 0.25) is 0 Å². The molecule has 0 aliphatic carbocycles. The Hall–Kier alpha value is -3.68. The number of carbonyl (C=O) groups is 1. The molecular weight excluding hydrogens is 388 g/mol. The molecule has 0 saturated carbocycles. The lowest BCUT2D eigenvalue weighted by atomic mass is 10.1. The summed E-state index contributed by atoms with van der Waals surface area (Å²) in [7, 11) is 6.28. The molecule has 0 unspecified atom stereocenters. The van der Waals surface area contributed by atoms with E-state index in [4.69, 9.17) is 23.5 Å². The van der Waals surface area contributed by atoms with Gasteiger partial charge in [-0.05, 0) is 48.4 Å². The molecule has 1 N–H and O–H groups in total. The van der Waals surface area contributed by atoms with Crippen LogP contribution in [0.25, 0.3) is 11.3 Å². The lowest BCUT2D eigenvalue weighted by molar-refractivity contribution is 0.0945. The van der Waals surface area contributed by atoms with Crippen molar-refractivity contribution in [2.75, 3.05) is 35.0 Å². The monoisotopic (exact) mass is 412 g/mol. The van der Waals surface area contributed by atoms with Gasteiger partial charge in [-0.2, -0.15) is 0 Å². The number of nitrogens with one attached hydrogen (secondary N) is 1. The molecule has 1 heterocycles. The van der Waals surface area contributed by atoms with E-state index in [1.807, 2.05) is 36.4 Å². The Kier molecular flexibility index (Phi) is 6.79. The summed E-state index contributed by atoms with van der Waals surface area (Å²) >= 11 is 0. The number of rotatable bonds is 9. The number of hydrogen-bond donors (Lipinski definition) is 1. The summed E-state index contributed by atoms with van der Waals surface area (Å²) in [6, 6.07) is 12.6. The van der Waals surface area contributed by atoms with Gasteiger partial charge in [0.15, 0.2) is 23.0 Å². The molecule has 0 aliphatic rings. The van der Waals surface area contributed by atoms with Crippen LogP contribution in [0.1, 0.15) is 16.1 Å². The fourth-order valence-electron chi connectivity index (χ4n) is 2.96. The van der Waals surface area contributed by atoms with E-state index in [2.05, 4.69) is 10.5 Å². The quantitative estimate of drug-likeness (QED) is 0.576. The van der Waals surface area contributed by atoms with E-state index in [1.54, 1.807) is 34.5 Å². The van der Waals surface area contributed by atoms with Gasteiger partial charge in [-0.25, -0.2) is 0 Å². The molecule has 3 rings (SSSR count). The van der Waals surface area contributed by atoms with Crippen molar-refractivity contribution in [2.24, 2.45) is 0 Å². The van der Waals surface area contributed by atoms with Crippen LogP contribution in [0.15, 0.2) is 47.0 Å². The maximum absolute atomic E-state index is 12.4. The third-order valence-electron chi connectivity index (χ3n) is 4.54. The molecular formula is C22H24N2O6. The second-order valence-electron chi connectivity index (χ2n) is 6.34. The van der Waals surface area contributed by atoms with Crippen LogP contribution >= 0.6 is 0 Å². The fourth-order valence-corrected chi connectivity index (χ4v) is 2.96. The Labute approximate surface area is 174 Å². The van der Waals surface area contributed by atoms with Crippen molar-refractivity contribution < 1.29 is 28.3 Å². The largest absolute Gasteiger partial charge is 0.497 e. The summed E-state index contributed by atoms with van der Waals surface area (Å²) < 4.78 is 26.5. The Morgan fingerprint density at radius 3 is 2.17 bits per heavy atom. The van der Waals surface area contributed by atoms with Crippen LogP contribution < -0.4 is 24.3 Å². The summed E-state index contributed by atoms with van der Waals surface area (Å²) in [5, 5.41) is 6.70. The molecule has 0 aliphatic heterocycles. The molecule has 158 valence electrons. The number of benzene rings is 2. The second-order valence-corrected chi connectivity index (χ2v) is 6.34. The normalized spacial score (nSPS) is 10.4. The van der Waals surface area contributed by atoms with Crippen LogP contribution in [0.3, 0.4) is 0 Å². The first-order chi connectivity index (χ1) is 14.6. The third kappa shape index (κ3) is 4.65. The zero-order chi connectivity index (χ0) is 21.5. The van der Waals surface area contributed by atoms with Crippen molar-refractivity contribution in [3.8, 4) is 34.3 Å². The predicted octanol–water partition coefficient (Wildman–Crippen LogP) is 3.35. The number of nitrogens with zero attached hydrogens (tertiary/aromatic N) is 1. The molecule has 0 saturated heterocycles. The van der Waals surface area contributed by atoms with Crippen molar-refractivity contribution >= 4 is 5.91 Å². The predicted molar refractivity (Wildman–Crippen MR) is 111 cm³/mol. The van der Waals surface area contributed by atoms with Gasteiger partial charge in [-0.1, -0.05) is 5.16 Å². The molecule has 0 fully saturated rings. The first-order valence-electron chi connectivity index (χ1n) is 9.27. The van der Waals surface area contributed by atoms with Gasteiger partial charge in [0.05, 0.1) is 28.4 Å². The molecule has 1 aromatic heterocycles. The maximum Gasteiger partial charge on any atom is 0.273 e. The van der Waals surface area contributed by atoms with E-state index in [-0.39, 0.29) is 11.6 Å². The molecule has 1 amide bonds. The van der Waals surface area contributed by atoms with E-state index in [1.165, 1.54) is 0 Å². The fraction of sp³-hybridized carbons (Fsp3) is 0.273. The van der Waals surface area contributed by atoms with Crippen LogP contribution in [-0.4, -0.2) is 46.0 Å². The topological polar surface area (TPSA) is 92.1 Å². The number of hydrogen-bond acceptors (Lipinski definition) is 7. The molecule has 3 aromatic rings. The van der Waals surface area contributed by atoms with Gasteiger partial charge in [-0.15, -0.1) is 0 Å². The van der Waals surface area contributed by atoms with Gasteiger partial charge in [0, 0.05) is 18.2 Å². The summed E-state index contributed by atoms with van der Waals surface area (Å²) in [5.74, 6) is 2.60. The zero-order valence-corrected chi connectivity index (χ0v) is 17.4. The van der Waals surface area contributed by atoms with Crippen molar-refractivity contribution in [3.63, 3.8) is 0 Å². The molecule has 0 bridgehead atoms. The maximum atomic E-state index is 12.4. The van der Waals surface area contributed by atoms with Crippen LogP contribution in [0, 0.1) is 0 Å². The Bertz CT molecular complexity index is 972. The minimum atomic E-state index is -0.314. The highest BCUT2D eigenvalue weighted by molar-refractivity contribution is 5.93. The number of methoxy groups -OCH3 is 4. The molecule has 0 atom stereocenters. The van der Waals surface area contributed by atoms with Crippen molar-refractivity contribution in [2.45, 2.75) is 6.42 Å². The average Bonchev–Trinajstić information content (AvgIpc) is 3.28. The minimum Gasteiger partial charge on any atom is -0.497 e. The lowest BCUT2D eigenvalue weighted by Crippen LogP contribution is -2.25. The average molecular weight is 412 g/mol. The number of ether oxygens (including phenoxy) is 4. The van der Waals surface area contributed by atoms with E-state index in [0.717, 1.165) is 16.9 Å². The number of amides is 1. The second kappa shape index (κ2) is 9.69. The number of aromatic nitrogens is 1. The summed E-state index contributed by atoms with van der Waals surface area (Å²) in [6.07, 6.45) is 0.575. The molecule has 2 aromatic carbocycles. The van der Waals surface area contributed by atoms with Crippen LogP contribution in [0.4, 0.5) is 0 Å². The molecule has 30 heavy (non-hydrogen) atoms. The lowest BCUT2D eigenvalue weighted by Gasteiger charge is -2.14. The number of carbonyl (C=O) groups excluding carboxylic acids is 1. The smallest absolute Gasteiger partial charge is 0.273 e. The first kappa shape index (κ1) is 21.0. The standard InChI is InChI=1S/C22H24N2O6/c1-26-16-7-5-15(6-8-16)18-13-17(24-30-18)22(25)23-10-9-14-11-19(27-2)21(29-4)20(12-14)28-3/h5-8,11-13H,9-10H2,1-4H3,(H,23,25). The van der Waals surface area contributed by atoms with Gasteiger partial charge in [0.2, 0.25) is 5.75 Å². The van der Waals surface area contributed by atoms with Crippen molar-refractivity contribution in [3.05, 3.63) is 53.7 Å². The highest BCUT2D eigenvalue weighted by Gasteiger charge is 2.15. The Morgan fingerprint density at radius 1 is 0.933 bits per heavy atom. The van der Waals surface area contributed by atoms with E-state index in [0.29, 0.717) is 36.0 Å². The van der Waals surface area contributed by atoms with Gasteiger partial charge in [0.1, 0.15) is 5.75 Å². The van der Waals surface area contributed by atoms with E-state index < -0.39 is 0 Å². The molecule has 8 nitrogen and oxygen atoms in total. The Morgan fingerprint density at radius 2 is 1.60 bits per heavy atom. The van der Waals surface area contributed by atoms with Crippen LogP contribution in [-0.2, 0) is 6.42 Å². The highest BCUT2D eigenvalue weighted by atomic mass is 16.5. The van der Waals surface area contributed by atoms with Crippen LogP contribution in [0.5, 0.6) is 23.0 Å². The van der Waals surface area contributed by atoms with Gasteiger partial charge >= 0.3 is 0 Å². The van der Waals surface area contributed by atoms with Crippen molar-refractivity contribution in [1.82, 2.24) is 10.5 Å². The highest BCUT2D eigenvalue weighted by Crippen LogP contribution is 2.38. The molecule has 0 radical (unpaired) electrons. The van der Waals surface area contributed by atoms with E-state index >= 15 is 0 Å². The van der Waals surface area contributed by atoms with Crippen molar-refractivity contribution in [1.29, 1.82) is 0 Å². The SMILES string of the molecule is COc1ccc(-c2cc(C(=O)NCCc3cc(OC)c(OC)c(OC)c3)no2)cc1. The molecule has 8 heteroatoms. The summed E-state index contributed by atoms with van der Waals surface area (Å²) in [5.41, 5.74) is 1.95. The summed E-state index contributed by atoms with van der Waals surface area (Å²) in [6.45, 7) is 0.405. The minimum absolute atomic E-state index is 0.214. The molecule has 0 spiro atoms. The van der Waals surface area contributed by atoms with Gasteiger partial charge in [0.25, 0.3) is 5.91 Å².